The number of anilines is 1. The summed E-state index contributed by atoms with van der Waals surface area (Å²) in [7, 11) is 2.04. The van der Waals surface area contributed by atoms with Crippen LogP contribution in [-0.2, 0) is 0 Å². The van der Waals surface area contributed by atoms with Crippen LogP contribution >= 0.6 is 11.6 Å². The molecule has 0 aromatic heterocycles. The first-order valence-corrected chi connectivity index (χ1v) is 5.85. The minimum atomic E-state index is 0.688. The van der Waals surface area contributed by atoms with E-state index in [1.165, 1.54) is 18.5 Å². The minimum absolute atomic E-state index is 0.688. The third-order valence-corrected chi connectivity index (χ3v) is 3.35. The Labute approximate surface area is 96.2 Å². The first kappa shape index (κ1) is 10.8. The molecule has 0 unspecified atom stereocenters. The molecule has 3 heteroatoms. The molecule has 0 amide bonds. The van der Waals surface area contributed by atoms with Gasteiger partial charge in [-0.05, 0) is 44.2 Å². The first-order valence-electron chi connectivity index (χ1n) is 5.47. The molecular formula is C12H17ClN2. The fraction of sp³-hybridized carbons (Fsp3) is 0.500. The van der Waals surface area contributed by atoms with E-state index < -0.39 is 0 Å². The van der Waals surface area contributed by atoms with Crippen LogP contribution < -0.4 is 10.2 Å². The number of nitrogens with zero attached hydrogens (tertiary/aromatic N) is 1. The van der Waals surface area contributed by atoms with Gasteiger partial charge in [0.05, 0.1) is 0 Å². The molecule has 0 saturated carbocycles. The number of piperidine rings is 1. The number of halogens is 1. The Bertz CT molecular complexity index is 302. The summed E-state index contributed by atoms with van der Waals surface area (Å²) >= 11 is 5.87. The van der Waals surface area contributed by atoms with Crippen LogP contribution in [-0.4, -0.2) is 26.2 Å². The summed E-state index contributed by atoms with van der Waals surface area (Å²) in [6, 6.07) is 8.81. The van der Waals surface area contributed by atoms with Gasteiger partial charge in [-0.2, -0.15) is 0 Å². The summed E-state index contributed by atoms with van der Waals surface area (Å²) in [5.41, 5.74) is 1.29. The first-order chi connectivity index (χ1) is 7.29. The van der Waals surface area contributed by atoms with Crippen molar-refractivity contribution in [3.8, 4) is 0 Å². The van der Waals surface area contributed by atoms with Gasteiger partial charge in [0.1, 0.15) is 0 Å². The average Bonchev–Trinajstić information content (AvgIpc) is 2.30. The van der Waals surface area contributed by atoms with Crippen LogP contribution in [0.5, 0.6) is 0 Å². The molecule has 1 aromatic carbocycles. The van der Waals surface area contributed by atoms with Crippen LogP contribution in [0.3, 0.4) is 0 Å². The Morgan fingerprint density at radius 2 is 1.80 bits per heavy atom. The fourth-order valence-corrected chi connectivity index (χ4v) is 2.20. The molecule has 1 aliphatic heterocycles. The van der Waals surface area contributed by atoms with Crippen LogP contribution in [0.15, 0.2) is 24.3 Å². The number of rotatable bonds is 2. The number of hydrogen-bond acceptors (Lipinski definition) is 2. The van der Waals surface area contributed by atoms with Crippen LogP contribution in [0, 0.1) is 0 Å². The molecular weight excluding hydrogens is 208 g/mol. The smallest absolute Gasteiger partial charge is 0.0407 e. The second kappa shape index (κ2) is 4.86. The number of hydrogen-bond donors (Lipinski definition) is 1. The van der Waals surface area contributed by atoms with Gasteiger partial charge in [0.2, 0.25) is 0 Å². The third kappa shape index (κ3) is 2.64. The van der Waals surface area contributed by atoms with Crippen molar-refractivity contribution in [1.82, 2.24) is 5.32 Å². The molecule has 0 radical (unpaired) electrons. The Morgan fingerprint density at radius 1 is 1.20 bits per heavy atom. The van der Waals surface area contributed by atoms with E-state index in [2.05, 4.69) is 22.3 Å². The second-order valence-corrected chi connectivity index (χ2v) is 4.46. The lowest BCUT2D eigenvalue weighted by atomic mass is 10.0. The van der Waals surface area contributed by atoms with Crippen LogP contribution in [0.1, 0.15) is 12.8 Å². The molecule has 0 spiro atoms. The molecule has 0 aliphatic carbocycles. The number of nitrogens with one attached hydrogen (secondary N) is 1. The molecule has 1 aromatic rings. The van der Waals surface area contributed by atoms with Gasteiger partial charge in [0.15, 0.2) is 0 Å². The Hall–Kier alpha value is -0.730. The van der Waals surface area contributed by atoms with E-state index in [4.69, 9.17) is 11.6 Å². The highest BCUT2D eigenvalue weighted by Crippen LogP contribution is 2.21. The van der Waals surface area contributed by atoms with Crippen molar-refractivity contribution in [3.63, 3.8) is 0 Å². The zero-order chi connectivity index (χ0) is 10.7. The second-order valence-electron chi connectivity index (χ2n) is 4.03. The van der Waals surface area contributed by atoms with Gasteiger partial charge >= 0.3 is 0 Å². The molecule has 0 bridgehead atoms. The summed E-state index contributed by atoms with van der Waals surface area (Å²) in [4.78, 5) is 2.42. The van der Waals surface area contributed by atoms with E-state index in [0.717, 1.165) is 18.1 Å². The van der Waals surface area contributed by atoms with Crippen molar-refractivity contribution >= 4 is 17.3 Å². The lowest BCUT2D eigenvalue weighted by Crippen LogP contribution is -2.41. The SMILES string of the molecule is CNC1CCN(c2ccc(Cl)cc2)CC1. The van der Waals surface area contributed by atoms with Crippen molar-refractivity contribution in [2.24, 2.45) is 0 Å². The topological polar surface area (TPSA) is 15.3 Å². The largest absolute Gasteiger partial charge is 0.371 e. The van der Waals surface area contributed by atoms with Crippen molar-refractivity contribution in [3.05, 3.63) is 29.3 Å². The van der Waals surface area contributed by atoms with E-state index in [9.17, 15) is 0 Å². The van der Waals surface area contributed by atoms with E-state index in [-0.39, 0.29) is 0 Å². The quantitative estimate of drug-likeness (QED) is 0.831. The molecule has 2 rings (SSSR count). The molecule has 82 valence electrons. The highest BCUT2D eigenvalue weighted by atomic mass is 35.5. The van der Waals surface area contributed by atoms with Gasteiger partial charge in [-0.1, -0.05) is 11.6 Å². The Morgan fingerprint density at radius 3 is 2.33 bits per heavy atom. The predicted octanol–water partition coefficient (Wildman–Crippen LogP) is 2.53. The van der Waals surface area contributed by atoms with Gasteiger partial charge in [-0.25, -0.2) is 0 Å². The van der Waals surface area contributed by atoms with Gasteiger partial charge in [0.25, 0.3) is 0 Å². The fourth-order valence-electron chi connectivity index (χ4n) is 2.08. The van der Waals surface area contributed by atoms with Crippen molar-refractivity contribution in [2.75, 3.05) is 25.0 Å². The van der Waals surface area contributed by atoms with Gasteiger partial charge in [-0.3, -0.25) is 0 Å². The zero-order valence-electron chi connectivity index (χ0n) is 9.04. The maximum absolute atomic E-state index is 5.87. The number of benzene rings is 1. The Balaban J connectivity index is 1.98. The van der Waals surface area contributed by atoms with Gasteiger partial charge < -0.3 is 10.2 Å². The van der Waals surface area contributed by atoms with Crippen LogP contribution in [0.4, 0.5) is 5.69 Å². The summed E-state index contributed by atoms with van der Waals surface area (Å²) in [6.07, 6.45) is 2.44. The van der Waals surface area contributed by atoms with Crippen molar-refractivity contribution in [2.45, 2.75) is 18.9 Å². The maximum atomic E-state index is 5.87. The summed E-state index contributed by atoms with van der Waals surface area (Å²) < 4.78 is 0. The van der Waals surface area contributed by atoms with E-state index in [1.54, 1.807) is 0 Å². The lowest BCUT2D eigenvalue weighted by molar-refractivity contribution is 0.442. The van der Waals surface area contributed by atoms with Crippen molar-refractivity contribution in [1.29, 1.82) is 0 Å². The summed E-state index contributed by atoms with van der Waals surface area (Å²) in [6.45, 7) is 2.26. The predicted molar refractivity (Wildman–Crippen MR) is 65.7 cm³/mol. The summed E-state index contributed by atoms with van der Waals surface area (Å²) in [5, 5.41) is 4.15. The molecule has 1 aliphatic rings. The van der Waals surface area contributed by atoms with Crippen molar-refractivity contribution < 1.29 is 0 Å². The van der Waals surface area contributed by atoms with E-state index in [1.807, 2.05) is 19.2 Å². The van der Waals surface area contributed by atoms with Crippen LogP contribution in [0.25, 0.3) is 0 Å². The monoisotopic (exact) mass is 224 g/mol. The molecule has 15 heavy (non-hydrogen) atoms. The van der Waals surface area contributed by atoms with Gasteiger partial charge in [0, 0.05) is 29.8 Å². The van der Waals surface area contributed by atoms with E-state index in [0.29, 0.717) is 6.04 Å². The molecule has 0 atom stereocenters. The molecule has 2 nitrogen and oxygen atoms in total. The van der Waals surface area contributed by atoms with E-state index >= 15 is 0 Å². The minimum Gasteiger partial charge on any atom is -0.371 e. The highest BCUT2D eigenvalue weighted by Gasteiger charge is 2.17. The maximum Gasteiger partial charge on any atom is 0.0407 e. The molecule has 1 fully saturated rings. The molecule has 1 heterocycles. The van der Waals surface area contributed by atoms with Crippen LogP contribution in [0.2, 0.25) is 5.02 Å². The summed E-state index contributed by atoms with van der Waals surface area (Å²) in [5.74, 6) is 0. The lowest BCUT2D eigenvalue weighted by Gasteiger charge is -2.33. The third-order valence-electron chi connectivity index (χ3n) is 3.09. The normalized spacial score (nSPS) is 18.1. The zero-order valence-corrected chi connectivity index (χ0v) is 9.80. The molecule has 1 saturated heterocycles. The Kier molecular flexibility index (Phi) is 3.49. The van der Waals surface area contributed by atoms with Gasteiger partial charge in [-0.15, -0.1) is 0 Å². The highest BCUT2D eigenvalue weighted by molar-refractivity contribution is 6.30. The molecule has 1 N–H and O–H groups in total. The average molecular weight is 225 g/mol. The standard InChI is InChI=1S/C12H17ClN2/c1-14-11-6-8-15(9-7-11)12-4-2-10(13)3-5-12/h2-5,11,14H,6-9H2,1H3.